The summed E-state index contributed by atoms with van der Waals surface area (Å²) >= 11 is 0. The lowest BCUT2D eigenvalue weighted by Gasteiger charge is -2.26. The van der Waals surface area contributed by atoms with Gasteiger partial charge in [0.15, 0.2) is 0 Å². The van der Waals surface area contributed by atoms with E-state index in [2.05, 4.69) is 9.97 Å². The number of carbonyl (C=O) groups is 1. The van der Waals surface area contributed by atoms with E-state index < -0.39 is 16.6 Å². The molecule has 0 saturated carbocycles. The van der Waals surface area contributed by atoms with E-state index in [1.807, 2.05) is 0 Å². The van der Waals surface area contributed by atoms with Crippen molar-refractivity contribution < 1.29 is 18.1 Å². The average molecular weight is 480 g/mol. The second kappa shape index (κ2) is 8.96. The molecule has 4 aromatic rings. The lowest BCUT2D eigenvalue weighted by atomic mass is 10.1. The van der Waals surface area contributed by atoms with Crippen LogP contribution in [0.15, 0.2) is 59.9 Å². The number of fused-ring (bicyclic) bond motifs is 1. The van der Waals surface area contributed by atoms with Crippen LogP contribution in [0.5, 0.6) is 0 Å². The molecule has 1 fully saturated rings. The SMILES string of the molecule is CS(=O)c1cn(-c2ncc(-c3cc(N)ccc3F)cn2)c2cc(C(=O)N3CCOCC3)ccc12. The van der Waals surface area contributed by atoms with Crippen LogP contribution >= 0.6 is 0 Å². The highest BCUT2D eigenvalue weighted by Gasteiger charge is 2.21. The Labute approximate surface area is 197 Å². The lowest BCUT2D eigenvalue weighted by Crippen LogP contribution is -2.40. The smallest absolute Gasteiger partial charge is 0.254 e. The predicted octanol–water partition coefficient (Wildman–Crippen LogP) is 3.02. The standard InChI is InChI=1S/C24H22FN5O3S/c1-34(32)22-14-30(24-27-12-16(13-28-24)19-11-17(26)3-5-20(19)25)21-10-15(2-4-18(21)22)23(31)29-6-8-33-9-7-29/h2-5,10-14H,6-9,26H2,1H3. The summed E-state index contributed by atoms with van der Waals surface area (Å²) < 4.78 is 33.7. The molecular weight excluding hydrogens is 457 g/mol. The first kappa shape index (κ1) is 22.2. The molecule has 1 unspecified atom stereocenters. The topological polar surface area (TPSA) is 103 Å². The first-order valence-electron chi connectivity index (χ1n) is 10.7. The van der Waals surface area contributed by atoms with E-state index in [-0.39, 0.29) is 5.91 Å². The molecule has 1 amide bonds. The summed E-state index contributed by atoms with van der Waals surface area (Å²) in [6, 6.07) is 9.62. The van der Waals surface area contributed by atoms with Crippen molar-refractivity contribution in [1.29, 1.82) is 0 Å². The molecule has 0 radical (unpaired) electrons. The van der Waals surface area contributed by atoms with E-state index in [0.29, 0.717) is 65.0 Å². The van der Waals surface area contributed by atoms with Crippen molar-refractivity contribution >= 4 is 33.3 Å². The summed E-state index contributed by atoms with van der Waals surface area (Å²) in [5.41, 5.74) is 8.18. The molecule has 0 aliphatic carbocycles. The van der Waals surface area contributed by atoms with Crippen LogP contribution in [0.4, 0.5) is 10.1 Å². The van der Waals surface area contributed by atoms with Crippen molar-refractivity contribution in [2.75, 3.05) is 38.3 Å². The van der Waals surface area contributed by atoms with Crippen LogP contribution in [0.1, 0.15) is 10.4 Å². The number of carbonyl (C=O) groups excluding carboxylic acids is 1. The molecule has 5 rings (SSSR count). The van der Waals surface area contributed by atoms with Gasteiger partial charge in [-0.2, -0.15) is 0 Å². The number of nitrogens with zero attached hydrogens (tertiary/aromatic N) is 4. The zero-order valence-electron chi connectivity index (χ0n) is 18.4. The number of halogens is 1. The van der Waals surface area contributed by atoms with E-state index in [9.17, 15) is 13.4 Å². The molecule has 1 atom stereocenters. The van der Waals surface area contributed by atoms with E-state index >= 15 is 0 Å². The average Bonchev–Trinajstić information content (AvgIpc) is 3.25. The van der Waals surface area contributed by atoms with Crippen molar-refractivity contribution in [3.8, 4) is 17.1 Å². The fourth-order valence-electron chi connectivity index (χ4n) is 4.02. The minimum atomic E-state index is -1.27. The van der Waals surface area contributed by atoms with E-state index in [1.54, 1.807) is 40.1 Å². The van der Waals surface area contributed by atoms with Gasteiger partial charge in [0.1, 0.15) is 5.82 Å². The summed E-state index contributed by atoms with van der Waals surface area (Å²) in [6.07, 6.45) is 6.33. The zero-order chi connectivity index (χ0) is 23.8. The lowest BCUT2D eigenvalue weighted by molar-refractivity contribution is 0.0303. The van der Waals surface area contributed by atoms with Gasteiger partial charge in [0.05, 0.1) is 34.4 Å². The van der Waals surface area contributed by atoms with Crippen LogP contribution in [0, 0.1) is 5.82 Å². The molecule has 0 bridgehead atoms. The Morgan fingerprint density at radius 2 is 1.85 bits per heavy atom. The molecule has 1 aliphatic rings. The van der Waals surface area contributed by atoms with Crippen molar-refractivity contribution in [2.24, 2.45) is 0 Å². The highest BCUT2D eigenvalue weighted by atomic mass is 32.2. The van der Waals surface area contributed by atoms with Gasteiger partial charge in [-0.1, -0.05) is 6.07 Å². The third kappa shape index (κ3) is 4.06. The van der Waals surface area contributed by atoms with Crippen LogP contribution in [0.2, 0.25) is 0 Å². The van der Waals surface area contributed by atoms with E-state index in [4.69, 9.17) is 10.5 Å². The molecule has 2 aromatic carbocycles. The summed E-state index contributed by atoms with van der Waals surface area (Å²) in [4.78, 5) is 24.2. The Kier molecular flexibility index (Phi) is 5.84. The van der Waals surface area contributed by atoms with Gasteiger partial charge in [-0.3, -0.25) is 13.6 Å². The highest BCUT2D eigenvalue weighted by Crippen LogP contribution is 2.29. The Morgan fingerprint density at radius 3 is 2.56 bits per heavy atom. The van der Waals surface area contributed by atoms with E-state index in [0.717, 1.165) is 5.39 Å². The second-order valence-corrected chi connectivity index (χ2v) is 9.31. The van der Waals surface area contributed by atoms with E-state index in [1.165, 1.54) is 30.6 Å². The van der Waals surface area contributed by atoms with Crippen molar-refractivity contribution in [3.63, 3.8) is 0 Å². The maximum absolute atomic E-state index is 14.3. The minimum absolute atomic E-state index is 0.0921. The Morgan fingerprint density at radius 1 is 1.12 bits per heavy atom. The molecular formula is C24H22FN5O3S. The van der Waals surface area contributed by atoms with Crippen LogP contribution in [-0.4, -0.2) is 62.1 Å². The zero-order valence-corrected chi connectivity index (χ0v) is 19.2. The molecule has 0 spiro atoms. The second-order valence-electron chi connectivity index (χ2n) is 7.97. The fourth-order valence-corrected chi connectivity index (χ4v) is 4.76. The van der Waals surface area contributed by atoms with Crippen LogP contribution < -0.4 is 5.73 Å². The molecule has 174 valence electrons. The molecule has 10 heteroatoms. The molecule has 1 aliphatic heterocycles. The molecule has 34 heavy (non-hydrogen) atoms. The van der Waals surface area contributed by atoms with Crippen LogP contribution in [0.3, 0.4) is 0 Å². The number of amides is 1. The van der Waals surface area contributed by atoms with Crippen molar-refractivity contribution in [1.82, 2.24) is 19.4 Å². The van der Waals surface area contributed by atoms with Crippen molar-refractivity contribution in [3.05, 3.63) is 66.4 Å². The summed E-state index contributed by atoms with van der Waals surface area (Å²) in [7, 11) is -1.27. The van der Waals surface area contributed by atoms with Gasteiger partial charge in [0, 0.05) is 65.7 Å². The van der Waals surface area contributed by atoms with Gasteiger partial charge in [0.25, 0.3) is 5.91 Å². The molecule has 8 nitrogen and oxygen atoms in total. The van der Waals surface area contributed by atoms with Gasteiger partial charge in [0.2, 0.25) is 5.95 Å². The normalized spacial score (nSPS) is 14.9. The number of benzene rings is 2. The Bertz CT molecular complexity index is 1410. The quantitative estimate of drug-likeness (QED) is 0.452. The Hall–Kier alpha value is -3.63. The molecule has 2 aromatic heterocycles. The highest BCUT2D eigenvalue weighted by molar-refractivity contribution is 7.84. The van der Waals surface area contributed by atoms with Gasteiger partial charge >= 0.3 is 0 Å². The van der Waals surface area contributed by atoms with Gasteiger partial charge in [-0.25, -0.2) is 14.4 Å². The van der Waals surface area contributed by atoms with Crippen LogP contribution in [0.25, 0.3) is 28.0 Å². The molecule has 3 heterocycles. The number of hydrogen-bond acceptors (Lipinski definition) is 6. The predicted molar refractivity (Wildman–Crippen MR) is 128 cm³/mol. The summed E-state index contributed by atoms with van der Waals surface area (Å²) in [5, 5.41) is 0.744. The third-order valence-electron chi connectivity index (χ3n) is 5.78. The maximum atomic E-state index is 14.3. The first-order valence-corrected chi connectivity index (χ1v) is 12.2. The minimum Gasteiger partial charge on any atom is -0.399 e. The number of nitrogen functional groups attached to an aromatic ring is 1. The monoisotopic (exact) mass is 479 g/mol. The molecule has 1 saturated heterocycles. The van der Waals surface area contributed by atoms with Gasteiger partial charge in [-0.05, 0) is 30.3 Å². The number of nitrogens with two attached hydrogens (primary N) is 1. The van der Waals surface area contributed by atoms with Gasteiger partial charge < -0.3 is 15.4 Å². The number of morpholine rings is 1. The number of anilines is 1. The van der Waals surface area contributed by atoms with Crippen LogP contribution in [-0.2, 0) is 15.5 Å². The number of rotatable bonds is 4. The summed E-state index contributed by atoms with van der Waals surface area (Å²) in [5.74, 6) is -0.205. The molecule has 2 N–H and O–H groups in total. The number of hydrogen-bond donors (Lipinski definition) is 1. The summed E-state index contributed by atoms with van der Waals surface area (Å²) in [6.45, 7) is 2.09. The third-order valence-corrected chi connectivity index (χ3v) is 6.72. The van der Waals surface area contributed by atoms with Gasteiger partial charge in [-0.15, -0.1) is 0 Å². The number of aromatic nitrogens is 3. The fraction of sp³-hybridized carbons (Fsp3) is 0.208. The van der Waals surface area contributed by atoms with Crippen molar-refractivity contribution in [2.45, 2.75) is 4.90 Å². The number of ether oxygens (including phenoxy) is 1. The maximum Gasteiger partial charge on any atom is 0.254 e. The largest absolute Gasteiger partial charge is 0.399 e. The first-order chi connectivity index (χ1) is 16.4. The Balaban J connectivity index is 1.57.